The molecule has 0 radical (unpaired) electrons. The Hall–Kier alpha value is 0.0600. The largest absolute Gasteiger partial charge is 0.378 e. The monoisotopic (exact) mass is 418 g/mol. The summed E-state index contributed by atoms with van der Waals surface area (Å²) < 4.78 is 6.22. The molecule has 3 nitrogen and oxygen atoms in total. The number of halogens is 2. The van der Waals surface area contributed by atoms with Crippen molar-refractivity contribution >= 4 is 34.2 Å². The van der Waals surface area contributed by atoms with Crippen molar-refractivity contribution in [2.45, 2.75) is 50.5 Å². The van der Waals surface area contributed by atoms with Gasteiger partial charge in [0.25, 0.3) is 0 Å². The molecular weight excluding hydrogens is 399 g/mol. The molecule has 0 unspecified atom stereocenters. The first-order valence-corrected chi connectivity index (χ1v) is 9.26. The highest BCUT2D eigenvalue weighted by molar-refractivity contribution is 14.1. The van der Waals surface area contributed by atoms with E-state index in [2.05, 4.69) is 22.6 Å². The van der Waals surface area contributed by atoms with Crippen LogP contribution in [0.4, 0.5) is 0 Å². The molecule has 1 aromatic rings. The summed E-state index contributed by atoms with van der Waals surface area (Å²) in [6, 6.07) is 0. The van der Waals surface area contributed by atoms with Gasteiger partial charge in [-0.05, 0) is 78.9 Å². The zero-order chi connectivity index (χ0) is 14.6. The molecule has 4 saturated carbocycles. The first kappa shape index (κ1) is 14.6. The van der Waals surface area contributed by atoms with Crippen LogP contribution in [0.15, 0.2) is 0 Å². The normalized spacial score (nSPS) is 37.2. The molecule has 0 saturated heterocycles. The SMILES string of the molecule is COCc1nc(C23CC4CC(CC(C4)C2)C3)nc(Cl)c1I. The molecule has 1 heterocycles. The van der Waals surface area contributed by atoms with Gasteiger partial charge in [0, 0.05) is 12.5 Å². The summed E-state index contributed by atoms with van der Waals surface area (Å²) in [5.41, 5.74) is 1.15. The summed E-state index contributed by atoms with van der Waals surface area (Å²) in [6.07, 6.45) is 8.10. The predicted molar refractivity (Wildman–Crippen MR) is 90.3 cm³/mol. The van der Waals surface area contributed by atoms with Gasteiger partial charge in [-0.3, -0.25) is 0 Å². The van der Waals surface area contributed by atoms with Crippen molar-refractivity contribution in [1.82, 2.24) is 9.97 Å². The Balaban J connectivity index is 1.76. The molecule has 5 heteroatoms. The second-order valence-corrected chi connectivity index (χ2v) is 8.67. The first-order valence-electron chi connectivity index (χ1n) is 7.81. The van der Waals surface area contributed by atoms with Crippen molar-refractivity contribution in [3.63, 3.8) is 0 Å². The molecule has 0 N–H and O–H groups in total. The van der Waals surface area contributed by atoms with Crippen LogP contribution in [0.1, 0.15) is 50.0 Å². The Morgan fingerprint density at radius 2 is 1.71 bits per heavy atom. The highest BCUT2D eigenvalue weighted by Crippen LogP contribution is 2.60. The molecule has 0 aromatic carbocycles. The van der Waals surface area contributed by atoms with Crippen LogP contribution in [0.2, 0.25) is 5.15 Å². The van der Waals surface area contributed by atoms with Gasteiger partial charge in [-0.2, -0.15) is 0 Å². The molecule has 4 bridgehead atoms. The van der Waals surface area contributed by atoms with Gasteiger partial charge >= 0.3 is 0 Å². The van der Waals surface area contributed by atoms with Crippen LogP contribution in [-0.2, 0) is 16.8 Å². The smallest absolute Gasteiger partial charge is 0.146 e. The van der Waals surface area contributed by atoms with Crippen LogP contribution >= 0.6 is 34.2 Å². The molecule has 0 spiro atoms. The Morgan fingerprint density at radius 1 is 1.14 bits per heavy atom. The standard InChI is InChI=1S/C16H20ClIN2O/c1-21-8-12-13(18)14(17)20-15(19-12)16-5-9-2-10(6-16)4-11(3-9)7-16/h9-11H,2-8H2,1H3. The third kappa shape index (κ3) is 2.41. The summed E-state index contributed by atoms with van der Waals surface area (Å²) >= 11 is 8.61. The molecule has 5 rings (SSSR count). The fourth-order valence-electron chi connectivity index (χ4n) is 5.32. The van der Waals surface area contributed by atoms with Gasteiger partial charge in [-0.15, -0.1) is 0 Å². The maximum atomic E-state index is 6.38. The molecule has 0 aliphatic heterocycles. The average Bonchev–Trinajstić information content (AvgIpc) is 2.42. The number of nitrogens with zero attached hydrogens (tertiary/aromatic N) is 2. The van der Waals surface area contributed by atoms with Crippen molar-refractivity contribution in [2.75, 3.05) is 7.11 Å². The second-order valence-electron chi connectivity index (χ2n) is 7.23. The van der Waals surface area contributed by atoms with E-state index >= 15 is 0 Å². The fraction of sp³-hybridized carbons (Fsp3) is 0.750. The quantitative estimate of drug-likeness (QED) is 0.541. The number of rotatable bonds is 3. The number of hydrogen-bond acceptors (Lipinski definition) is 3. The van der Waals surface area contributed by atoms with Gasteiger partial charge in [0.05, 0.1) is 15.9 Å². The van der Waals surface area contributed by atoms with Gasteiger partial charge in [-0.1, -0.05) is 11.6 Å². The van der Waals surface area contributed by atoms with Crippen molar-refractivity contribution in [3.8, 4) is 0 Å². The second kappa shape index (κ2) is 5.31. The van der Waals surface area contributed by atoms with Crippen molar-refractivity contribution < 1.29 is 4.74 Å². The summed E-state index contributed by atoms with van der Waals surface area (Å²) in [6.45, 7) is 0.514. The molecule has 21 heavy (non-hydrogen) atoms. The van der Waals surface area contributed by atoms with E-state index in [0.29, 0.717) is 11.8 Å². The third-order valence-corrected chi connectivity index (χ3v) is 7.40. The van der Waals surface area contributed by atoms with Gasteiger partial charge in [0.2, 0.25) is 0 Å². The lowest BCUT2D eigenvalue weighted by atomic mass is 9.49. The lowest BCUT2D eigenvalue weighted by Gasteiger charge is -2.56. The zero-order valence-electron chi connectivity index (χ0n) is 12.2. The van der Waals surface area contributed by atoms with Gasteiger partial charge in [0.15, 0.2) is 0 Å². The zero-order valence-corrected chi connectivity index (χ0v) is 15.2. The minimum Gasteiger partial charge on any atom is -0.378 e. The fourth-order valence-corrected chi connectivity index (χ4v) is 5.90. The van der Waals surface area contributed by atoms with E-state index in [4.69, 9.17) is 26.3 Å². The van der Waals surface area contributed by atoms with Gasteiger partial charge < -0.3 is 4.74 Å². The molecule has 1 aromatic heterocycles. The van der Waals surface area contributed by atoms with E-state index < -0.39 is 0 Å². The van der Waals surface area contributed by atoms with E-state index in [1.807, 2.05) is 0 Å². The van der Waals surface area contributed by atoms with Crippen LogP contribution in [0.25, 0.3) is 0 Å². The van der Waals surface area contributed by atoms with Crippen molar-refractivity contribution in [3.05, 3.63) is 20.2 Å². The van der Waals surface area contributed by atoms with E-state index in [-0.39, 0.29) is 5.41 Å². The molecule has 4 fully saturated rings. The Morgan fingerprint density at radius 3 is 2.24 bits per heavy atom. The topological polar surface area (TPSA) is 35.0 Å². The Labute approximate surface area is 144 Å². The van der Waals surface area contributed by atoms with E-state index in [0.717, 1.165) is 32.8 Å². The number of ether oxygens (including phenoxy) is 1. The summed E-state index contributed by atoms with van der Waals surface area (Å²) in [4.78, 5) is 9.58. The van der Waals surface area contributed by atoms with E-state index in [1.54, 1.807) is 7.11 Å². The number of methoxy groups -OCH3 is 1. The van der Waals surface area contributed by atoms with Crippen LogP contribution < -0.4 is 0 Å². The van der Waals surface area contributed by atoms with Crippen LogP contribution in [0.3, 0.4) is 0 Å². The van der Waals surface area contributed by atoms with E-state index in [9.17, 15) is 0 Å². The maximum absolute atomic E-state index is 6.38. The van der Waals surface area contributed by atoms with Crippen LogP contribution in [0.5, 0.6) is 0 Å². The summed E-state index contributed by atoms with van der Waals surface area (Å²) in [7, 11) is 1.70. The average molecular weight is 419 g/mol. The Kier molecular flexibility index (Phi) is 3.70. The maximum Gasteiger partial charge on any atom is 0.146 e. The third-order valence-electron chi connectivity index (χ3n) is 5.67. The molecule has 0 amide bonds. The van der Waals surface area contributed by atoms with Crippen molar-refractivity contribution in [2.24, 2.45) is 17.8 Å². The molecule has 4 aliphatic carbocycles. The minimum atomic E-state index is 0.200. The summed E-state index contributed by atoms with van der Waals surface area (Å²) in [5.74, 6) is 3.68. The lowest BCUT2D eigenvalue weighted by molar-refractivity contribution is -0.00965. The van der Waals surface area contributed by atoms with Crippen LogP contribution in [0, 0.1) is 21.3 Å². The minimum absolute atomic E-state index is 0.200. The highest BCUT2D eigenvalue weighted by atomic mass is 127. The van der Waals surface area contributed by atoms with Gasteiger partial charge in [0.1, 0.15) is 11.0 Å². The van der Waals surface area contributed by atoms with E-state index in [1.165, 1.54) is 38.5 Å². The molecular formula is C16H20ClIN2O. The molecule has 114 valence electrons. The van der Waals surface area contributed by atoms with Crippen molar-refractivity contribution in [1.29, 1.82) is 0 Å². The highest BCUT2D eigenvalue weighted by Gasteiger charge is 2.53. The lowest BCUT2D eigenvalue weighted by Crippen LogP contribution is -2.49. The molecule has 4 aliphatic rings. The summed E-state index contributed by atoms with van der Waals surface area (Å²) in [5, 5.41) is 0.600. The van der Waals surface area contributed by atoms with Crippen LogP contribution in [-0.4, -0.2) is 17.1 Å². The number of aromatic nitrogens is 2. The predicted octanol–water partition coefficient (Wildman–Crippen LogP) is 4.35. The first-order chi connectivity index (χ1) is 10.1. The number of hydrogen-bond donors (Lipinski definition) is 0. The molecule has 0 atom stereocenters. The Bertz CT molecular complexity index is 542. The van der Waals surface area contributed by atoms with Gasteiger partial charge in [-0.25, -0.2) is 9.97 Å².